The molecule has 0 fully saturated rings. The summed E-state index contributed by atoms with van der Waals surface area (Å²) in [6.07, 6.45) is 61.9. The summed E-state index contributed by atoms with van der Waals surface area (Å²) in [6, 6.07) is 14.6. The molecule has 0 aromatic heterocycles. The van der Waals surface area contributed by atoms with Crippen LogP contribution in [0, 0.1) is 0 Å². The van der Waals surface area contributed by atoms with Gasteiger partial charge in [0.15, 0.2) is 0 Å². The van der Waals surface area contributed by atoms with Gasteiger partial charge < -0.3 is 0 Å². The van der Waals surface area contributed by atoms with Crippen LogP contribution in [0.2, 0.25) is 0 Å². The Labute approximate surface area is 378 Å². The molecular weight excluding hydrogens is 721 g/mol. The predicted molar refractivity (Wildman–Crippen MR) is 274 cm³/mol. The molecule has 0 bridgehead atoms. The van der Waals surface area contributed by atoms with Gasteiger partial charge in [0.2, 0.25) is 0 Å². The van der Waals surface area contributed by atoms with Crippen molar-refractivity contribution in [1.82, 2.24) is 0 Å². The van der Waals surface area contributed by atoms with Gasteiger partial charge in [0.05, 0.1) is 0 Å². The first-order valence-corrected chi connectivity index (χ1v) is 28.0. The van der Waals surface area contributed by atoms with Crippen LogP contribution in [0.15, 0.2) is 36.4 Å². The Hall–Kier alpha value is -1.56. The zero-order valence-electron chi connectivity index (χ0n) is 41.6. The van der Waals surface area contributed by atoms with Crippen LogP contribution >= 0.6 is 0 Å². The van der Waals surface area contributed by atoms with Gasteiger partial charge in [0.25, 0.3) is 0 Å². The summed E-state index contributed by atoms with van der Waals surface area (Å²) in [5.41, 5.74) is 10.2. The average Bonchev–Trinajstić information content (AvgIpc) is 3.27. The highest BCUT2D eigenvalue weighted by atomic mass is 14.2. The lowest BCUT2D eigenvalue weighted by molar-refractivity contribution is 0.551. The van der Waals surface area contributed by atoms with Gasteiger partial charge in [-0.3, -0.25) is 0 Å². The maximum absolute atomic E-state index is 2.81. The summed E-state index contributed by atoms with van der Waals surface area (Å²) in [7, 11) is 0. The van der Waals surface area contributed by atoms with Crippen LogP contribution < -0.4 is 0 Å². The maximum Gasteiger partial charge on any atom is -0.0114 e. The van der Waals surface area contributed by atoms with E-state index in [0.29, 0.717) is 0 Å². The van der Waals surface area contributed by atoms with Crippen molar-refractivity contribution in [1.29, 1.82) is 0 Å². The fraction of sp³-hybridized carbons (Fsp3) is 0.800. The van der Waals surface area contributed by atoms with Crippen molar-refractivity contribution < 1.29 is 0 Å². The molecule has 0 nitrogen and oxygen atoms in total. The molecule has 0 amide bonds. The summed E-state index contributed by atoms with van der Waals surface area (Å²) >= 11 is 0. The van der Waals surface area contributed by atoms with Crippen molar-refractivity contribution in [3.8, 4) is 11.1 Å². The molecule has 0 aliphatic carbocycles. The van der Waals surface area contributed by atoms with Crippen LogP contribution in [-0.4, -0.2) is 0 Å². The van der Waals surface area contributed by atoms with E-state index in [1.165, 1.54) is 288 Å². The molecule has 60 heavy (non-hydrogen) atoms. The van der Waals surface area contributed by atoms with Gasteiger partial charge in [0.1, 0.15) is 0 Å². The Kier molecular flexibility index (Phi) is 37.7. The van der Waals surface area contributed by atoms with Gasteiger partial charge in [-0.05, 0) is 84.7 Å². The van der Waals surface area contributed by atoms with Crippen molar-refractivity contribution >= 4 is 0 Å². The van der Waals surface area contributed by atoms with Crippen molar-refractivity contribution in [2.75, 3.05) is 0 Å². The minimum absolute atomic E-state index is 1.28. The summed E-state index contributed by atoms with van der Waals surface area (Å²) in [6.45, 7) is 9.33. The molecule has 2 rings (SSSR count). The Balaban J connectivity index is 2.25. The van der Waals surface area contributed by atoms with E-state index in [1.54, 1.807) is 27.8 Å². The monoisotopic (exact) mass is 827 g/mol. The van der Waals surface area contributed by atoms with Crippen LogP contribution in [0.25, 0.3) is 11.1 Å². The van der Waals surface area contributed by atoms with Crippen LogP contribution in [-0.2, 0) is 25.7 Å². The molecule has 0 saturated heterocycles. The molecular formula is C60H106. The van der Waals surface area contributed by atoms with Crippen molar-refractivity contribution in [2.24, 2.45) is 0 Å². The van der Waals surface area contributed by atoms with E-state index in [0.717, 1.165) is 0 Å². The lowest BCUT2D eigenvalue weighted by Gasteiger charge is -2.24. The molecule has 0 aliphatic heterocycles. The molecule has 0 unspecified atom stereocenters. The third kappa shape index (κ3) is 28.2. The molecule has 346 valence electrons. The van der Waals surface area contributed by atoms with Crippen molar-refractivity contribution in [3.63, 3.8) is 0 Å². The Bertz CT molecular complexity index is 1100. The number of hydrogen-bond donors (Lipinski definition) is 0. The van der Waals surface area contributed by atoms with E-state index >= 15 is 0 Å². The SMILES string of the molecule is CCCCCCCCCCCCc1cc(CCCCCCCCCCCC)c(CCCCCCCCCCCC)c(-c2ccccc2)c1CCCCCCCCCCCC. The van der Waals surface area contributed by atoms with Gasteiger partial charge >= 0.3 is 0 Å². The second-order valence-corrected chi connectivity index (χ2v) is 19.6. The predicted octanol–water partition coefficient (Wildman–Crippen LogP) is 21.2. The Morgan fingerprint density at radius 3 is 0.750 bits per heavy atom. The lowest BCUT2D eigenvalue weighted by atomic mass is 9.81. The Morgan fingerprint density at radius 1 is 0.250 bits per heavy atom. The van der Waals surface area contributed by atoms with Gasteiger partial charge in [-0.2, -0.15) is 0 Å². The van der Waals surface area contributed by atoms with E-state index in [9.17, 15) is 0 Å². The van der Waals surface area contributed by atoms with Crippen LogP contribution in [0.3, 0.4) is 0 Å². The van der Waals surface area contributed by atoms with Gasteiger partial charge in [-0.15, -0.1) is 0 Å². The molecule has 0 heteroatoms. The topological polar surface area (TPSA) is 0 Å². The van der Waals surface area contributed by atoms with Crippen LogP contribution in [0.5, 0.6) is 0 Å². The standard InChI is InChI=1S/C60H106/c1-5-9-13-17-21-25-29-33-37-42-50-56-54-57(51-43-38-34-30-26-22-18-14-10-6-2)59(53-47-40-36-32-28-24-20-16-12-8-4)60(55-48-44-41-45-49-55)58(56)52-46-39-35-31-27-23-19-15-11-7-3/h41,44-45,48-49,54H,5-40,42-43,46-47,50-53H2,1-4H3. The minimum atomic E-state index is 1.28. The molecule has 0 heterocycles. The van der Waals surface area contributed by atoms with Crippen LogP contribution in [0.1, 0.15) is 307 Å². The first-order chi connectivity index (χ1) is 29.8. The smallest absolute Gasteiger partial charge is 0.0114 e. The van der Waals surface area contributed by atoms with E-state index in [-0.39, 0.29) is 0 Å². The fourth-order valence-electron chi connectivity index (χ4n) is 10.0. The number of hydrogen-bond acceptors (Lipinski definition) is 0. The third-order valence-electron chi connectivity index (χ3n) is 13.9. The van der Waals surface area contributed by atoms with Crippen LogP contribution in [0.4, 0.5) is 0 Å². The minimum Gasteiger partial charge on any atom is -0.0654 e. The normalized spacial score (nSPS) is 11.6. The first kappa shape index (κ1) is 54.6. The van der Waals surface area contributed by atoms with E-state index in [1.807, 2.05) is 0 Å². The molecule has 0 N–H and O–H groups in total. The highest BCUT2D eigenvalue weighted by molar-refractivity contribution is 5.74. The maximum atomic E-state index is 2.81. The van der Waals surface area contributed by atoms with Crippen molar-refractivity contribution in [2.45, 2.75) is 310 Å². The largest absolute Gasteiger partial charge is 0.0654 e. The van der Waals surface area contributed by atoms with Gasteiger partial charge in [-0.1, -0.05) is 295 Å². The number of aryl methyl sites for hydroxylation is 2. The summed E-state index contributed by atoms with van der Waals surface area (Å²) < 4.78 is 0. The number of unbranched alkanes of at least 4 members (excludes halogenated alkanes) is 36. The summed E-state index contributed by atoms with van der Waals surface area (Å²) in [4.78, 5) is 0. The van der Waals surface area contributed by atoms with Crippen molar-refractivity contribution in [3.05, 3.63) is 58.7 Å². The molecule has 2 aromatic rings. The molecule has 0 aliphatic rings. The second-order valence-electron chi connectivity index (χ2n) is 19.6. The van der Waals surface area contributed by atoms with E-state index in [4.69, 9.17) is 0 Å². The fourth-order valence-corrected chi connectivity index (χ4v) is 10.0. The first-order valence-electron chi connectivity index (χ1n) is 28.0. The zero-order valence-corrected chi connectivity index (χ0v) is 41.6. The number of rotatable bonds is 45. The van der Waals surface area contributed by atoms with E-state index < -0.39 is 0 Å². The Morgan fingerprint density at radius 2 is 0.483 bits per heavy atom. The lowest BCUT2D eigenvalue weighted by Crippen LogP contribution is -2.08. The molecule has 2 aromatic carbocycles. The average molecular weight is 828 g/mol. The molecule has 0 spiro atoms. The van der Waals surface area contributed by atoms with Gasteiger partial charge in [0, 0.05) is 0 Å². The summed E-state index contributed by atoms with van der Waals surface area (Å²) in [5, 5.41) is 0. The highest BCUT2D eigenvalue weighted by Gasteiger charge is 2.19. The molecule has 0 atom stereocenters. The third-order valence-corrected chi connectivity index (χ3v) is 13.9. The quantitative estimate of drug-likeness (QED) is 0.0584. The molecule has 0 radical (unpaired) electrons. The van der Waals surface area contributed by atoms with E-state index in [2.05, 4.69) is 64.1 Å². The zero-order chi connectivity index (χ0) is 42.8. The van der Waals surface area contributed by atoms with Gasteiger partial charge in [-0.25, -0.2) is 0 Å². The number of benzene rings is 2. The highest BCUT2D eigenvalue weighted by Crippen LogP contribution is 2.37. The summed E-state index contributed by atoms with van der Waals surface area (Å²) in [5.74, 6) is 0. The second kappa shape index (κ2) is 41.5. The molecule has 0 saturated carbocycles.